The fourth-order valence-electron chi connectivity index (χ4n) is 3.57. The molecule has 0 aliphatic carbocycles. The number of barbiturate groups is 1. The van der Waals surface area contributed by atoms with E-state index in [2.05, 4.69) is 5.32 Å². The van der Waals surface area contributed by atoms with Crippen molar-refractivity contribution in [1.29, 1.82) is 0 Å². The first-order chi connectivity index (χ1) is 17.4. The number of amides is 4. The lowest BCUT2D eigenvalue weighted by Crippen LogP contribution is -2.54. The second-order valence-corrected chi connectivity index (χ2v) is 8.69. The van der Waals surface area contributed by atoms with Crippen LogP contribution < -0.4 is 19.7 Å². The molecule has 0 saturated carbocycles. The number of nitrogens with zero attached hydrogens (tertiary/aromatic N) is 1. The summed E-state index contributed by atoms with van der Waals surface area (Å²) < 4.78 is 11.5. The number of carbonyl (C=O) groups excluding carboxylic acids is 3. The molecular weight excluding hydrogens is 480 g/mol. The molecule has 0 radical (unpaired) electrons. The Morgan fingerprint density at radius 3 is 2.36 bits per heavy atom. The van der Waals surface area contributed by atoms with Crippen LogP contribution in [0.15, 0.2) is 72.3 Å². The van der Waals surface area contributed by atoms with Gasteiger partial charge in [-0.3, -0.25) is 14.9 Å². The molecule has 4 rings (SSSR count). The molecule has 1 aliphatic heterocycles. The summed E-state index contributed by atoms with van der Waals surface area (Å²) in [7, 11) is 0. The Labute approximate surface area is 214 Å². The summed E-state index contributed by atoms with van der Waals surface area (Å²) in [6.45, 7) is 4.84. The van der Waals surface area contributed by atoms with Gasteiger partial charge in [-0.05, 0) is 67.4 Å². The van der Waals surface area contributed by atoms with Gasteiger partial charge in [0.25, 0.3) is 11.8 Å². The largest absolute Gasteiger partial charge is 0.494 e. The zero-order valence-corrected chi connectivity index (χ0v) is 20.7. The Balaban J connectivity index is 1.61. The van der Waals surface area contributed by atoms with E-state index in [4.69, 9.17) is 21.1 Å². The molecule has 7 nitrogen and oxygen atoms in total. The zero-order valence-electron chi connectivity index (χ0n) is 19.9. The number of nitrogens with one attached hydrogen (secondary N) is 1. The van der Waals surface area contributed by atoms with Gasteiger partial charge in [-0.1, -0.05) is 48.4 Å². The van der Waals surface area contributed by atoms with Gasteiger partial charge in [0.2, 0.25) is 0 Å². The number of hydrogen-bond acceptors (Lipinski definition) is 5. The number of anilines is 1. The van der Waals surface area contributed by atoms with E-state index in [0.29, 0.717) is 34.4 Å². The van der Waals surface area contributed by atoms with Gasteiger partial charge in [0.1, 0.15) is 23.7 Å². The highest BCUT2D eigenvalue weighted by atomic mass is 35.5. The van der Waals surface area contributed by atoms with E-state index < -0.39 is 17.8 Å². The summed E-state index contributed by atoms with van der Waals surface area (Å²) >= 11 is 6.19. The molecule has 8 heteroatoms. The number of imide groups is 2. The third-order valence-electron chi connectivity index (χ3n) is 5.46. The van der Waals surface area contributed by atoms with Crippen LogP contribution in [-0.4, -0.2) is 24.5 Å². The smallest absolute Gasteiger partial charge is 0.335 e. The Morgan fingerprint density at radius 1 is 0.944 bits per heavy atom. The van der Waals surface area contributed by atoms with Crippen LogP contribution in [-0.2, 0) is 16.2 Å². The number of carbonyl (C=O) groups is 3. The van der Waals surface area contributed by atoms with Crippen LogP contribution in [0.1, 0.15) is 30.0 Å². The summed E-state index contributed by atoms with van der Waals surface area (Å²) in [4.78, 5) is 39.4. The molecule has 36 heavy (non-hydrogen) atoms. The third kappa shape index (κ3) is 5.75. The average Bonchev–Trinajstić information content (AvgIpc) is 2.86. The maximum atomic E-state index is 13.3. The van der Waals surface area contributed by atoms with Crippen LogP contribution in [0.25, 0.3) is 6.08 Å². The van der Waals surface area contributed by atoms with E-state index in [1.54, 1.807) is 42.5 Å². The molecule has 184 valence electrons. The number of rotatable bonds is 8. The first kappa shape index (κ1) is 25.0. The number of urea groups is 1. The molecule has 1 saturated heterocycles. The number of aryl methyl sites for hydroxylation is 1. The van der Waals surface area contributed by atoms with E-state index in [1.807, 2.05) is 38.1 Å². The highest BCUT2D eigenvalue weighted by molar-refractivity contribution is 6.39. The Hall–Kier alpha value is -4.10. The summed E-state index contributed by atoms with van der Waals surface area (Å²) in [5.74, 6) is -0.496. The summed E-state index contributed by atoms with van der Waals surface area (Å²) in [6, 6.07) is 18.5. The molecule has 3 aromatic carbocycles. The number of hydrogen-bond donors (Lipinski definition) is 1. The molecule has 1 fully saturated rings. The van der Waals surface area contributed by atoms with E-state index in [1.165, 1.54) is 6.08 Å². The van der Waals surface area contributed by atoms with Gasteiger partial charge in [0, 0.05) is 10.6 Å². The summed E-state index contributed by atoms with van der Waals surface area (Å²) in [5, 5.41) is 2.63. The van der Waals surface area contributed by atoms with Crippen molar-refractivity contribution < 1.29 is 23.9 Å². The minimum absolute atomic E-state index is 0.219. The third-order valence-corrected chi connectivity index (χ3v) is 5.69. The van der Waals surface area contributed by atoms with Crippen molar-refractivity contribution in [2.45, 2.75) is 26.9 Å². The van der Waals surface area contributed by atoms with Crippen LogP contribution in [0.4, 0.5) is 10.5 Å². The van der Waals surface area contributed by atoms with Crippen LogP contribution in [0, 0.1) is 6.92 Å². The van der Waals surface area contributed by atoms with Gasteiger partial charge >= 0.3 is 6.03 Å². The zero-order chi connectivity index (χ0) is 25.7. The van der Waals surface area contributed by atoms with Gasteiger partial charge in [-0.2, -0.15) is 0 Å². The quantitative estimate of drug-likeness (QED) is 0.315. The van der Waals surface area contributed by atoms with Crippen molar-refractivity contribution in [1.82, 2.24) is 5.32 Å². The van der Waals surface area contributed by atoms with E-state index in [9.17, 15) is 14.4 Å². The minimum atomic E-state index is -0.827. The Morgan fingerprint density at radius 2 is 1.67 bits per heavy atom. The molecule has 0 unspecified atom stereocenters. The maximum absolute atomic E-state index is 13.3. The number of halogens is 1. The molecule has 3 aromatic rings. The first-order valence-electron chi connectivity index (χ1n) is 11.5. The predicted molar refractivity (Wildman–Crippen MR) is 138 cm³/mol. The standard InChI is InChI=1S/C28H25ClN2O5/c1-3-14-35-23-11-9-22(10-12-23)31-27(33)24(26(32)30-28(31)34)16-20-15-21(29)8-13-25(20)36-17-19-6-4-18(2)5-7-19/h4-13,15-16H,3,14,17H2,1-2H3,(H,30,32,34)/b24-16-. The minimum Gasteiger partial charge on any atom is -0.494 e. The number of ether oxygens (including phenoxy) is 2. The lowest BCUT2D eigenvalue weighted by atomic mass is 10.1. The monoisotopic (exact) mass is 504 g/mol. The molecule has 4 amide bonds. The van der Waals surface area contributed by atoms with Crippen LogP contribution in [0.5, 0.6) is 11.5 Å². The van der Waals surface area contributed by atoms with Gasteiger partial charge < -0.3 is 9.47 Å². The van der Waals surface area contributed by atoms with E-state index in [-0.39, 0.29) is 12.2 Å². The second kappa shape index (κ2) is 11.1. The lowest BCUT2D eigenvalue weighted by molar-refractivity contribution is -0.122. The normalized spacial score (nSPS) is 14.7. The molecular formula is C28H25ClN2O5. The highest BCUT2D eigenvalue weighted by Crippen LogP contribution is 2.29. The summed E-state index contributed by atoms with van der Waals surface area (Å²) in [5.41, 5.74) is 2.62. The Kier molecular flexibility index (Phi) is 7.71. The van der Waals surface area contributed by atoms with Crippen molar-refractivity contribution in [3.05, 3.63) is 94.0 Å². The lowest BCUT2D eigenvalue weighted by Gasteiger charge is -2.26. The summed E-state index contributed by atoms with van der Waals surface area (Å²) in [6.07, 6.45) is 2.23. The van der Waals surface area contributed by atoms with Gasteiger partial charge in [0.15, 0.2) is 0 Å². The van der Waals surface area contributed by atoms with Crippen molar-refractivity contribution in [2.24, 2.45) is 0 Å². The van der Waals surface area contributed by atoms with Crippen molar-refractivity contribution in [3.63, 3.8) is 0 Å². The van der Waals surface area contributed by atoms with E-state index >= 15 is 0 Å². The van der Waals surface area contributed by atoms with Crippen LogP contribution in [0.2, 0.25) is 5.02 Å². The van der Waals surface area contributed by atoms with Gasteiger partial charge in [-0.25, -0.2) is 9.69 Å². The molecule has 0 spiro atoms. The van der Waals surface area contributed by atoms with Crippen LogP contribution in [0.3, 0.4) is 0 Å². The fourth-order valence-corrected chi connectivity index (χ4v) is 3.75. The van der Waals surface area contributed by atoms with Crippen LogP contribution >= 0.6 is 11.6 Å². The SMILES string of the molecule is CCCOc1ccc(N2C(=O)NC(=O)/C(=C/c3cc(Cl)ccc3OCc3ccc(C)cc3)C2=O)cc1. The van der Waals surface area contributed by atoms with Gasteiger partial charge in [-0.15, -0.1) is 0 Å². The second-order valence-electron chi connectivity index (χ2n) is 8.26. The first-order valence-corrected chi connectivity index (χ1v) is 11.9. The Bertz CT molecular complexity index is 1320. The molecule has 1 heterocycles. The molecule has 0 atom stereocenters. The van der Waals surface area contributed by atoms with E-state index in [0.717, 1.165) is 22.4 Å². The molecule has 0 bridgehead atoms. The van der Waals surface area contributed by atoms with Crippen molar-refractivity contribution in [3.8, 4) is 11.5 Å². The van der Waals surface area contributed by atoms with Gasteiger partial charge in [0.05, 0.1) is 12.3 Å². The fraction of sp³-hybridized carbons (Fsp3) is 0.179. The maximum Gasteiger partial charge on any atom is 0.335 e. The highest BCUT2D eigenvalue weighted by Gasteiger charge is 2.37. The number of benzene rings is 3. The molecule has 1 N–H and O–H groups in total. The van der Waals surface area contributed by atoms with Crippen molar-refractivity contribution in [2.75, 3.05) is 11.5 Å². The molecule has 0 aromatic heterocycles. The average molecular weight is 505 g/mol. The molecule has 1 aliphatic rings. The topological polar surface area (TPSA) is 84.9 Å². The van der Waals surface area contributed by atoms with Crippen molar-refractivity contribution >= 4 is 41.2 Å². The predicted octanol–water partition coefficient (Wildman–Crippen LogP) is 5.68.